The van der Waals surface area contributed by atoms with E-state index in [-0.39, 0.29) is 15.5 Å². The van der Waals surface area contributed by atoms with Crippen LogP contribution in [0, 0.1) is 0 Å². The van der Waals surface area contributed by atoms with Gasteiger partial charge in [-0.05, 0) is 36.4 Å². The van der Waals surface area contributed by atoms with Crippen molar-refractivity contribution in [1.29, 1.82) is 0 Å². The summed E-state index contributed by atoms with van der Waals surface area (Å²) in [7, 11) is -7.18. The number of sulfonamides is 1. The van der Waals surface area contributed by atoms with Gasteiger partial charge >= 0.3 is 0 Å². The van der Waals surface area contributed by atoms with Crippen LogP contribution in [-0.4, -0.2) is 31.8 Å². The molecule has 0 radical (unpaired) electrons. The number of aromatic nitrogens is 2. The van der Waals surface area contributed by atoms with Gasteiger partial charge in [0.1, 0.15) is 15.9 Å². The van der Waals surface area contributed by atoms with Crippen LogP contribution in [0.1, 0.15) is 0 Å². The van der Waals surface area contributed by atoms with Crippen LogP contribution < -0.4 is 4.72 Å². The molecule has 3 aromatic rings. The number of benzene rings is 2. The van der Waals surface area contributed by atoms with Crippen LogP contribution in [0.3, 0.4) is 0 Å². The molecule has 120 valence electrons. The van der Waals surface area contributed by atoms with Crippen LogP contribution in [0.5, 0.6) is 0 Å². The molecule has 1 aromatic heterocycles. The van der Waals surface area contributed by atoms with Gasteiger partial charge in [0.05, 0.1) is 16.6 Å². The molecule has 0 fully saturated rings. The molecule has 7 nitrogen and oxygen atoms in total. The summed E-state index contributed by atoms with van der Waals surface area (Å²) in [5.74, 6) is 0. The molecule has 0 amide bonds. The number of hydrogen-bond donors (Lipinski definition) is 1. The number of nitrogens with zero attached hydrogens (tertiary/aromatic N) is 2. The number of nitrogens with one attached hydrogen (secondary N) is 1. The highest BCUT2D eigenvalue weighted by molar-refractivity contribution is 7.93. The number of sulfone groups is 1. The van der Waals surface area contributed by atoms with Crippen molar-refractivity contribution in [2.75, 3.05) is 11.0 Å². The highest BCUT2D eigenvalue weighted by atomic mass is 32.2. The minimum Gasteiger partial charge on any atom is -0.280 e. The molecule has 2 aromatic carbocycles. The van der Waals surface area contributed by atoms with E-state index in [4.69, 9.17) is 0 Å². The minimum absolute atomic E-state index is 0.0240. The zero-order chi connectivity index (χ0) is 16.7. The maximum absolute atomic E-state index is 12.5. The Kier molecular flexibility index (Phi) is 3.82. The standard InChI is InChI=1S/C13H11N3O4S3/c1-22(17,18)10-7-5-9(6-8-10)16-23(19,20)12-4-2-3-11-13(12)15-21-14-11/h2-8,16H,1H3. The molecular formula is C13H11N3O4S3. The van der Waals surface area contributed by atoms with Crippen molar-refractivity contribution in [2.45, 2.75) is 9.79 Å². The Hall–Kier alpha value is -2.04. The van der Waals surface area contributed by atoms with Gasteiger partial charge in [-0.3, -0.25) is 4.72 Å². The highest BCUT2D eigenvalue weighted by Gasteiger charge is 2.19. The molecule has 10 heteroatoms. The average Bonchev–Trinajstić information content (AvgIpc) is 2.94. The van der Waals surface area contributed by atoms with Crippen molar-refractivity contribution < 1.29 is 16.8 Å². The Bertz CT molecular complexity index is 1070. The van der Waals surface area contributed by atoms with Gasteiger partial charge in [0, 0.05) is 11.9 Å². The SMILES string of the molecule is CS(=O)(=O)c1ccc(NS(=O)(=O)c2cccc3nsnc23)cc1. The lowest BCUT2D eigenvalue weighted by Gasteiger charge is -2.08. The third-order valence-electron chi connectivity index (χ3n) is 3.07. The van der Waals surface area contributed by atoms with E-state index in [0.29, 0.717) is 11.0 Å². The van der Waals surface area contributed by atoms with Gasteiger partial charge in [-0.15, -0.1) is 0 Å². The topological polar surface area (TPSA) is 106 Å². The lowest BCUT2D eigenvalue weighted by atomic mass is 10.3. The average molecular weight is 369 g/mol. The van der Waals surface area contributed by atoms with E-state index >= 15 is 0 Å². The first-order chi connectivity index (χ1) is 10.8. The van der Waals surface area contributed by atoms with Gasteiger partial charge in [0.2, 0.25) is 0 Å². The molecular weight excluding hydrogens is 358 g/mol. The van der Waals surface area contributed by atoms with Crippen LogP contribution in [-0.2, 0) is 19.9 Å². The van der Waals surface area contributed by atoms with Crippen LogP contribution in [0.25, 0.3) is 11.0 Å². The largest absolute Gasteiger partial charge is 0.280 e. The summed E-state index contributed by atoms with van der Waals surface area (Å²) in [5, 5.41) is 0. The third-order valence-corrected chi connectivity index (χ3v) is 6.16. The maximum Gasteiger partial charge on any atom is 0.264 e. The van der Waals surface area contributed by atoms with E-state index < -0.39 is 19.9 Å². The molecule has 0 saturated carbocycles. The maximum atomic E-state index is 12.5. The molecule has 0 aliphatic rings. The lowest BCUT2D eigenvalue weighted by Crippen LogP contribution is -2.13. The van der Waals surface area contributed by atoms with E-state index in [0.717, 1.165) is 18.0 Å². The van der Waals surface area contributed by atoms with E-state index in [1.807, 2.05) is 0 Å². The molecule has 0 aliphatic carbocycles. The Morgan fingerprint density at radius 1 is 0.957 bits per heavy atom. The van der Waals surface area contributed by atoms with Crippen molar-refractivity contribution in [3.8, 4) is 0 Å². The molecule has 0 aliphatic heterocycles. The number of hydrogen-bond acceptors (Lipinski definition) is 7. The van der Waals surface area contributed by atoms with Gasteiger partial charge in [0.15, 0.2) is 9.84 Å². The first-order valence-electron chi connectivity index (χ1n) is 6.32. The predicted octanol–water partition coefficient (Wildman–Crippen LogP) is 1.90. The summed E-state index contributed by atoms with van der Waals surface area (Å²) in [4.78, 5) is 0.141. The zero-order valence-electron chi connectivity index (χ0n) is 11.8. The van der Waals surface area contributed by atoms with Crippen molar-refractivity contribution >= 4 is 48.3 Å². The lowest BCUT2D eigenvalue weighted by molar-refractivity contribution is 0.600. The molecule has 3 rings (SSSR count). The third kappa shape index (κ3) is 3.19. The number of fused-ring (bicyclic) bond motifs is 1. The monoisotopic (exact) mass is 369 g/mol. The van der Waals surface area contributed by atoms with E-state index in [1.54, 1.807) is 12.1 Å². The first kappa shape index (κ1) is 15.8. The summed E-state index contributed by atoms with van der Waals surface area (Å²) in [6.45, 7) is 0. The Labute approximate surface area is 137 Å². The minimum atomic E-state index is -3.85. The van der Waals surface area contributed by atoms with Gasteiger partial charge in [0.25, 0.3) is 10.0 Å². The van der Waals surface area contributed by atoms with Crippen LogP contribution in [0.15, 0.2) is 52.3 Å². The van der Waals surface area contributed by atoms with Crippen LogP contribution in [0.4, 0.5) is 5.69 Å². The fourth-order valence-corrected chi connectivity index (χ4v) is 4.44. The van der Waals surface area contributed by atoms with Crippen LogP contribution in [0.2, 0.25) is 0 Å². The second kappa shape index (κ2) is 5.55. The Morgan fingerprint density at radius 3 is 2.30 bits per heavy atom. The molecule has 23 heavy (non-hydrogen) atoms. The van der Waals surface area contributed by atoms with Crippen molar-refractivity contribution in [3.05, 3.63) is 42.5 Å². The summed E-state index contributed by atoms with van der Waals surface area (Å²) >= 11 is 0.935. The number of anilines is 1. The zero-order valence-corrected chi connectivity index (χ0v) is 14.2. The normalized spacial score (nSPS) is 12.4. The van der Waals surface area contributed by atoms with E-state index in [1.165, 1.54) is 30.3 Å². The first-order valence-corrected chi connectivity index (χ1v) is 10.4. The molecule has 0 unspecified atom stereocenters. The fraction of sp³-hybridized carbons (Fsp3) is 0.0769. The van der Waals surface area contributed by atoms with Gasteiger partial charge in [-0.1, -0.05) is 6.07 Å². The predicted molar refractivity (Wildman–Crippen MR) is 87.8 cm³/mol. The van der Waals surface area contributed by atoms with Crippen molar-refractivity contribution in [2.24, 2.45) is 0 Å². The molecule has 0 saturated heterocycles. The van der Waals surface area contributed by atoms with Crippen LogP contribution >= 0.6 is 11.7 Å². The second-order valence-electron chi connectivity index (χ2n) is 4.79. The van der Waals surface area contributed by atoms with E-state index in [2.05, 4.69) is 13.5 Å². The smallest absolute Gasteiger partial charge is 0.264 e. The van der Waals surface area contributed by atoms with Gasteiger partial charge < -0.3 is 0 Å². The number of rotatable bonds is 4. The molecule has 1 N–H and O–H groups in total. The molecule has 0 atom stereocenters. The summed E-state index contributed by atoms with van der Waals surface area (Å²) in [5.41, 5.74) is 1.07. The van der Waals surface area contributed by atoms with Gasteiger partial charge in [-0.2, -0.15) is 8.75 Å². The highest BCUT2D eigenvalue weighted by Crippen LogP contribution is 2.24. The summed E-state index contributed by atoms with van der Waals surface area (Å²) < 4.78 is 58.3. The summed E-state index contributed by atoms with van der Waals surface area (Å²) in [6.07, 6.45) is 1.09. The second-order valence-corrected chi connectivity index (χ2v) is 8.99. The fourth-order valence-electron chi connectivity index (χ4n) is 1.98. The van der Waals surface area contributed by atoms with Crippen molar-refractivity contribution in [3.63, 3.8) is 0 Å². The Morgan fingerprint density at radius 2 is 1.65 bits per heavy atom. The van der Waals surface area contributed by atoms with Gasteiger partial charge in [-0.25, -0.2) is 16.8 Å². The quantitative estimate of drug-likeness (QED) is 0.753. The molecule has 1 heterocycles. The molecule has 0 bridgehead atoms. The van der Waals surface area contributed by atoms with E-state index in [9.17, 15) is 16.8 Å². The summed E-state index contributed by atoms with van der Waals surface area (Å²) in [6, 6.07) is 10.2. The Balaban J connectivity index is 1.97. The van der Waals surface area contributed by atoms with Crippen molar-refractivity contribution in [1.82, 2.24) is 8.75 Å². The molecule has 0 spiro atoms.